The van der Waals surface area contributed by atoms with E-state index in [2.05, 4.69) is 24.5 Å². The number of hydrogen-bond donors (Lipinski definition) is 4. The Balaban J connectivity index is 3.43. The normalized spacial score (nSPS) is 12.8. The first kappa shape index (κ1) is 32.7. The number of phenols is 1. The predicted molar refractivity (Wildman–Crippen MR) is 146 cm³/mol. The van der Waals surface area contributed by atoms with Gasteiger partial charge in [-0.05, 0) is 51.3 Å². The average Bonchev–Trinajstić information content (AvgIpc) is 2.81. The van der Waals surface area contributed by atoms with E-state index in [1.54, 1.807) is 32.9 Å². The van der Waals surface area contributed by atoms with Crippen molar-refractivity contribution in [1.29, 1.82) is 0 Å². The van der Waals surface area contributed by atoms with Gasteiger partial charge in [0.1, 0.15) is 23.4 Å². The number of aromatic hydroxyl groups is 1. The number of rotatable bonds is 16. The van der Waals surface area contributed by atoms with Crippen molar-refractivity contribution in [3.63, 3.8) is 0 Å². The maximum atomic E-state index is 13.9. The van der Waals surface area contributed by atoms with Gasteiger partial charge in [-0.15, -0.1) is 0 Å². The van der Waals surface area contributed by atoms with Crippen molar-refractivity contribution in [2.75, 3.05) is 13.1 Å². The summed E-state index contributed by atoms with van der Waals surface area (Å²) in [5.74, 6) is -1.89. The lowest BCUT2D eigenvalue weighted by molar-refractivity contribution is -0.143. The molecule has 1 aromatic rings. The number of hydrogen-bond acceptors (Lipinski definition) is 6. The summed E-state index contributed by atoms with van der Waals surface area (Å²) < 4.78 is 5.29. The van der Waals surface area contributed by atoms with Gasteiger partial charge in [0.05, 0.1) is 6.42 Å². The fourth-order valence-electron chi connectivity index (χ4n) is 3.98. The number of alkyl carbamates (subject to hydrolysis) is 1. The highest BCUT2D eigenvalue weighted by atomic mass is 16.6. The number of unbranched alkanes of at least 4 members (excludes halogenated alkanes) is 5. The van der Waals surface area contributed by atoms with Crippen LogP contribution < -0.4 is 16.4 Å². The van der Waals surface area contributed by atoms with Crippen LogP contribution in [0.2, 0.25) is 0 Å². The lowest BCUT2D eigenvalue weighted by Crippen LogP contribution is -2.54. The summed E-state index contributed by atoms with van der Waals surface area (Å²) in [5.41, 5.74) is 5.01. The van der Waals surface area contributed by atoms with Crippen molar-refractivity contribution in [2.24, 2.45) is 5.73 Å². The van der Waals surface area contributed by atoms with Crippen LogP contribution in [0.15, 0.2) is 24.3 Å². The van der Waals surface area contributed by atoms with E-state index >= 15 is 0 Å². The summed E-state index contributed by atoms with van der Waals surface area (Å²) in [4.78, 5) is 53.2. The molecule has 38 heavy (non-hydrogen) atoms. The molecule has 5 N–H and O–H groups in total. The average molecular weight is 535 g/mol. The van der Waals surface area contributed by atoms with Crippen LogP contribution in [0, 0.1) is 0 Å². The highest BCUT2D eigenvalue weighted by Gasteiger charge is 2.36. The quantitative estimate of drug-likeness (QED) is 0.236. The Morgan fingerprint density at radius 1 is 1.03 bits per heavy atom. The van der Waals surface area contributed by atoms with E-state index in [4.69, 9.17) is 10.5 Å². The Morgan fingerprint density at radius 3 is 2.26 bits per heavy atom. The third-order valence-corrected chi connectivity index (χ3v) is 5.76. The molecule has 1 aromatic carbocycles. The van der Waals surface area contributed by atoms with E-state index in [1.165, 1.54) is 17.0 Å². The third-order valence-electron chi connectivity index (χ3n) is 5.76. The zero-order chi connectivity index (χ0) is 28.7. The first-order valence-corrected chi connectivity index (χ1v) is 13.5. The number of carbonyl (C=O) groups is 4. The van der Waals surface area contributed by atoms with Gasteiger partial charge < -0.3 is 31.1 Å². The van der Waals surface area contributed by atoms with Gasteiger partial charge in [-0.3, -0.25) is 14.4 Å². The van der Waals surface area contributed by atoms with Crippen molar-refractivity contribution in [2.45, 2.75) is 104 Å². The Kier molecular flexibility index (Phi) is 14.2. The molecule has 2 atom stereocenters. The van der Waals surface area contributed by atoms with E-state index < -0.39 is 47.9 Å². The Hall–Kier alpha value is -3.30. The molecule has 10 nitrogen and oxygen atoms in total. The van der Waals surface area contributed by atoms with Crippen LogP contribution in [0.5, 0.6) is 5.75 Å². The molecule has 0 aliphatic heterocycles. The molecule has 1 rings (SSSR count). The lowest BCUT2D eigenvalue weighted by atomic mass is 10.0. The number of phenolic OH excluding ortho intramolecular Hbond substituents is 1. The van der Waals surface area contributed by atoms with Crippen LogP contribution in [0.25, 0.3) is 0 Å². The second kappa shape index (κ2) is 16.5. The van der Waals surface area contributed by atoms with Crippen molar-refractivity contribution < 1.29 is 29.0 Å². The van der Waals surface area contributed by atoms with Crippen molar-refractivity contribution >= 4 is 23.8 Å². The van der Waals surface area contributed by atoms with E-state index in [1.807, 2.05) is 0 Å². The maximum absolute atomic E-state index is 13.9. The zero-order valence-electron chi connectivity index (χ0n) is 23.5. The third kappa shape index (κ3) is 12.3. The van der Waals surface area contributed by atoms with E-state index in [0.717, 1.165) is 38.5 Å². The first-order valence-electron chi connectivity index (χ1n) is 13.5. The lowest BCUT2D eigenvalue weighted by Gasteiger charge is -2.34. The van der Waals surface area contributed by atoms with Crippen LogP contribution in [0.1, 0.15) is 97.6 Å². The molecule has 0 fully saturated rings. The molecular weight excluding hydrogens is 488 g/mol. The smallest absolute Gasteiger partial charge is 0.408 e. The molecule has 2 unspecified atom stereocenters. The summed E-state index contributed by atoms with van der Waals surface area (Å²) in [6, 6.07) is 3.75. The van der Waals surface area contributed by atoms with E-state index in [-0.39, 0.29) is 12.3 Å². The molecule has 0 saturated heterocycles. The molecule has 0 heterocycles. The van der Waals surface area contributed by atoms with E-state index in [0.29, 0.717) is 18.5 Å². The minimum Gasteiger partial charge on any atom is -0.508 e. The Bertz CT molecular complexity index is 915. The molecule has 0 spiro atoms. The van der Waals surface area contributed by atoms with Gasteiger partial charge in [0, 0.05) is 13.1 Å². The van der Waals surface area contributed by atoms with Gasteiger partial charge in [0.2, 0.25) is 17.7 Å². The number of amides is 4. The Labute approximate surface area is 226 Å². The topological polar surface area (TPSA) is 151 Å². The maximum Gasteiger partial charge on any atom is 0.408 e. The number of nitrogens with one attached hydrogen (secondary N) is 2. The van der Waals surface area contributed by atoms with Gasteiger partial charge >= 0.3 is 6.09 Å². The number of ether oxygens (including phenoxy) is 1. The number of primary amides is 1. The highest BCUT2D eigenvalue weighted by Crippen LogP contribution is 2.26. The number of benzene rings is 1. The first-order chi connectivity index (χ1) is 17.9. The van der Waals surface area contributed by atoms with E-state index in [9.17, 15) is 24.3 Å². The van der Waals surface area contributed by atoms with Gasteiger partial charge in [-0.2, -0.15) is 0 Å². The van der Waals surface area contributed by atoms with Gasteiger partial charge in [-0.1, -0.05) is 58.1 Å². The van der Waals surface area contributed by atoms with Crippen LogP contribution in [-0.4, -0.2) is 58.6 Å². The van der Waals surface area contributed by atoms with Crippen molar-refractivity contribution in [3.05, 3.63) is 29.8 Å². The van der Waals surface area contributed by atoms with Gasteiger partial charge in [0.25, 0.3) is 0 Å². The molecule has 0 bridgehead atoms. The Morgan fingerprint density at radius 2 is 1.68 bits per heavy atom. The summed E-state index contributed by atoms with van der Waals surface area (Å²) in [6.45, 7) is 9.79. The minimum absolute atomic E-state index is 0.0507. The fourth-order valence-corrected chi connectivity index (χ4v) is 3.98. The molecule has 0 aliphatic carbocycles. The molecule has 10 heteroatoms. The van der Waals surface area contributed by atoms with Crippen LogP contribution in [0.4, 0.5) is 4.79 Å². The van der Waals surface area contributed by atoms with Gasteiger partial charge in [-0.25, -0.2) is 4.79 Å². The number of nitrogens with zero attached hydrogens (tertiary/aromatic N) is 1. The monoisotopic (exact) mass is 534 g/mol. The second-order valence-electron chi connectivity index (χ2n) is 10.5. The number of carbonyl (C=O) groups excluding carboxylic acids is 4. The van der Waals surface area contributed by atoms with Crippen LogP contribution >= 0.6 is 0 Å². The molecule has 0 saturated carbocycles. The largest absolute Gasteiger partial charge is 0.508 e. The molecule has 0 aliphatic rings. The second-order valence-corrected chi connectivity index (χ2v) is 10.5. The summed E-state index contributed by atoms with van der Waals surface area (Å²) in [5, 5.41) is 15.5. The standard InChI is InChI=1S/C28H46N4O6/c1-6-8-10-12-17-32(26(36)22(19-23(29)34)31-27(37)38-28(3,4)5)24(20-14-13-15-21(33)18-20)25(35)30-16-11-9-7-2/h13-15,18,22,24,33H,6-12,16-17,19H2,1-5H3,(H2,29,34)(H,30,35)(H,31,37). The zero-order valence-corrected chi connectivity index (χ0v) is 23.5. The highest BCUT2D eigenvalue weighted by molar-refractivity contribution is 5.94. The molecule has 0 aromatic heterocycles. The van der Waals surface area contributed by atoms with Crippen molar-refractivity contribution in [1.82, 2.24) is 15.5 Å². The van der Waals surface area contributed by atoms with Crippen LogP contribution in [0.3, 0.4) is 0 Å². The summed E-state index contributed by atoms with van der Waals surface area (Å²) in [6.07, 6.45) is 4.73. The van der Waals surface area contributed by atoms with Crippen molar-refractivity contribution in [3.8, 4) is 5.75 Å². The molecule has 4 amide bonds. The van der Waals surface area contributed by atoms with Crippen LogP contribution in [-0.2, 0) is 19.1 Å². The molecule has 0 radical (unpaired) electrons. The SMILES string of the molecule is CCCCCCN(C(=O)C(CC(N)=O)NC(=O)OC(C)(C)C)C(C(=O)NCCCCC)c1cccc(O)c1. The van der Waals surface area contributed by atoms with Gasteiger partial charge in [0.15, 0.2) is 0 Å². The minimum atomic E-state index is -1.33. The number of nitrogens with two attached hydrogens (primary N) is 1. The molecular formula is C28H46N4O6. The summed E-state index contributed by atoms with van der Waals surface area (Å²) >= 11 is 0. The summed E-state index contributed by atoms with van der Waals surface area (Å²) in [7, 11) is 0. The molecule has 214 valence electrons. The fraction of sp³-hybridized carbons (Fsp3) is 0.643. The predicted octanol–water partition coefficient (Wildman–Crippen LogP) is 3.92.